The zero-order valence-electron chi connectivity index (χ0n) is 21.3. The summed E-state index contributed by atoms with van der Waals surface area (Å²) in [5, 5.41) is 6.76. The lowest BCUT2D eigenvalue weighted by Gasteiger charge is -2.45. The number of nitrogens with zero attached hydrogens (tertiary/aromatic N) is 2. The quantitative estimate of drug-likeness (QED) is 0.273. The molecule has 0 saturated carbocycles. The molecule has 1 atom stereocenters. The number of carbonyl (C=O) groups is 1. The highest BCUT2D eigenvalue weighted by Crippen LogP contribution is 2.37. The molecule has 1 amide bonds. The van der Waals surface area contributed by atoms with Gasteiger partial charge in [0.2, 0.25) is 5.91 Å². The molecular formula is C29H27ClF4N4OS. The van der Waals surface area contributed by atoms with Gasteiger partial charge in [0.05, 0.1) is 34.5 Å². The summed E-state index contributed by atoms with van der Waals surface area (Å²) in [5.41, 5.74) is -0.0475. The molecule has 2 saturated heterocycles. The van der Waals surface area contributed by atoms with E-state index in [1.165, 1.54) is 12.1 Å². The predicted molar refractivity (Wildman–Crippen MR) is 150 cm³/mol. The Morgan fingerprint density at radius 1 is 1.05 bits per heavy atom. The average Bonchev–Trinajstić information content (AvgIpc) is 3.16. The highest BCUT2D eigenvalue weighted by atomic mass is 35.5. The van der Waals surface area contributed by atoms with Crippen molar-refractivity contribution < 1.29 is 22.4 Å². The van der Waals surface area contributed by atoms with Gasteiger partial charge in [-0.1, -0.05) is 60.1 Å². The number of rotatable bonds is 5. The Morgan fingerprint density at radius 3 is 2.40 bits per heavy atom. The van der Waals surface area contributed by atoms with Crippen molar-refractivity contribution >= 4 is 40.5 Å². The van der Waals surface area contributed by atoms with Crippen LogP contribution in [0.25, 0.3) is 0 Å². The molecule has 1 unspecified atom stereocenters. The normalized spacial score (nSPS) is 18.8. The van der Waals surface area contributed by atoms with Crippen LogP contribution in [0, 0.1) is 5.82 Å². The van der Waals surface area contributed by atoms with Crippen molar-refractivity contribution in [2.24, 2.45) is 0 Å². The van der Waals surface area contributed by atoms with Crippen LogP contribution in [0.4, 0.5) is 23.2 Å². The minimum atomic E-state index is -4.52. The lowest BCUT2D eigenvalue weighted by molar-refractivity contribution is -0.137. The Hall–Kier alpha value is -3.21. The van der Waals surface area contributed by atoms with Gasteiger partial charge in [-0.25, -0.2) is 4.39 Å². The van der Waals surface area contributed by atoms with E-state index in [2.05, 4.69) is 10.6 Å². The molecule has 210 valence electrons. The van der Waals surface area contributed by atoms with Gasteiger partial charge in [-0.05, 0) is 48.5 Å². The molecule has 5 rings (SSSR count). The molecule has 0 radical (unpaired) electrons. The van der Waals surface area contributed by atoms with Gasteiger partial charge in [-0.2, -0.15) is 13.2 Å². The maximum absolute atomic E-state index is 14.6. The largest absolute Gasteiger partial charge is 0.416 e. The van der Waals surface area contributed by atoms with Gasteiger partial charge in [0.25, 0.3) is 0 Å². The number of amides is 1. The van der Waals surface area contributed by atoms with Crippen LogP contribution < -0.4 is 10.6 Å². The van der Waals surface area contributed by atoms with Crippen LogP contribution >= 0.6 is 23.8 Å². The van der Waals surface area contributed by atoms with Crippen molar-refractivity contribution in [3.05, 3.63) is 100 Å². The lowest BCUT2D eigenvalue weighted by atomic mass is 9.95. The number of piperidine rings is 1. The number of anilines is 1. The van der Waals surface area contributed by atoms with E-state index < -0.39 is 23.4 Å². The van der Waals surface area contributed by atoms with Crippen LogP contribution in [0.15, 0.2) is 72.8 Å². The fourth-order valence-electron chi connectivity index (χ4n) is 5.36. The Labute approximate surface area is 240 Å². The van der Waals surface area contributed by atoms with Crippen molar-refractivity contribution in [2.75, 3.05) is 18.4 Å². The topological polar surface area (TPSA) is 47.6 Å². The number of hydrogen-bond acceptors (Lipinski definition) is 3. The highest BCUT2D eigenvalue weighted by Gasteiger charge is 2.51. The van der Waals surface area contributed by atoms with E-state index in [1.807, 2.05) is 35.2 Å². The molecule has 3 aromatic carbocycles. The van der Waals surface area contributed by atoms with Crippen LogP contribution in [0.2, 0.25) is 5.02 Å². The first-order valence-corrected chi connectivity index (χ1v) is 13.6. The monoisotopic (exact) mass is 590 g/mol. The summed E-state index contributed by atoms with van der Waals surface area (Å²) >= 11 is 11.7. The highest BCUT2D eigenvalue weighted by molar-refractivity contribution is 7.80. The Balaban J connectivity index is 1.33. The summed E-state index contributed by atoms with van der Waals surface area (Å²) in [7, 11) is 0. The van der Waals surface area contributed by atoms with E-state index in [1.54, 1.807) is 23.1 Å². The van der Waals surface area contributed by atoms with Crippen molar-refractivity contribution in [3.8, 4) is 0 Å². The van der Waals surface area contributed by atoms with Crippen molar-refractivity contribution in [3.63, 3.8) is 0 Å². The Kier molecular flexibility index (Phi) is 8.03. The zero-order valence-corrected chi connectivity index (χ0v) is 22.9. The zero-order chi connectivity index (χ0) is 28.5. The third-order valence-corrected chi connectivity index (χ3v) is 8.20. The molecule has 5 nitrogen and oxygen atoms in total. The molecular weight excluding hydrogens is 564 g/mol. The molecule has 2 fully saturated rings. The van der Waals surface area contributed by atoms with Gasteiger partial charge in [-0.3, -0.25) is 10.1 Å². The van der Waals surface area contributed by atoms with E-state index >= 15 is 0 Å². The van der Waals surface area contributed by atoms with Crippen molar-refractivity contribution in [1.29, 1.82) is 0 Å². The van der Waals surface area contributed by atoms with Gasteiger partial charge < -0.3 is 15.1 Å². The van der Waals surface area contributed by atoms with Crippen LogP contribution in [0.1, 0.15) is 29.5 Å². The fraction of sp³-hybridized carbons (Fsp3) is 0.310. The number of likely N-dealkylation sites (tertiary alicyclic amines) is 1. The number of nitrogens with one attached hydrogen (secondary N) is 2. The molecule has 0 aliphatic carbocycles. The first kappa shape index (κ1) is 28.3. The second-order valence-corrected chi connectivity index (χ2v) is 10.8. The van der Waals surface area contributed by atoms with Gasteiger partial charge >= 0.3 is 6.18 Å². The Morgan fingerprint density at radius 2 is 1.73 bits per heavy atom. The predicted octanol–water partition coefficient (Wildman–Crippen LogP) is 6.23. The molecule has 2 aliphatic heterocycles. The molecule has 3 aromatic rings. The van der Waals surface area contributed by atoms with E-state index in [0.717, 1.165) is 17.7 Å². The minimum Gasteiger partial charge on any atom is -0.349 e. The molecule has 1 spiro atoms. The van der Waals surface area contributed by atoms with Gasteiger partial charge in [0.1, 0.15) is 5.82 Å². The van der Waals surface area contributed by atoms with Crippen LogP contribution in [-0.2, 0) is 23.9 Å². The molecule has 2 aliphatic rings. The van der Waals surface area contributed by atoms with E-state index in [0.29, 0.717) is 37.9 Å². The number of hydrogen-bond donors (Lipinski definition) is 2. The third-order valence-electron chi connectivity index (χ3n) is 7.51. The Bertz CT molecular complexity index is 1400. The first-order chi connectivity index (χ1) is 19.1. The summed E-state index contributed by atoms with van der Waals surface area (Å²) in [5.74, 6) is -0.477. The number of carbonyl (C=O) groups excluding carboxylic acids is 1. The summed E-state index contributed by atoms with van der Waals surface area (Å²) in [6, 6.07) is 18.6. The second-order valence-electron chi connectivity index (χ2n) is 10.0. The maximum atomic E-state index is 14.6. The van der Waals surface area contributed by atoms with E-state index in [9.17, 15) is 22.4 Å². The van der Waals surface area contributed by atoms with E-state index in [4.69, 9.17) is 23.8 Å². The molecule has 0 bridgehead atoms. The number of alkyl halides is 3. The van der Waals surface area contributed by atoms with Gasteiger partial charge in [0.15, 0.2) is 5.11 Å². The fourth-order valence-corrected chi connectivity index (χ4v) is 5.82. The van der Waals surface area contributed by atoms with Crippen LogP contribution in [-0.4, -0.2) is 45.6 Å². The maximum Gasteiger partial charge on any atom is 0.416 e. The van der Waals surface area contributed by atoms with Crippen LogP contribution in [0.3, 0.4) is 0 Å². The first-order valence-electron chi connectivity index (χ1n) is 12.8. The summed E-state index contributed by atoms with van der Waals surface area (Å²) in [4.78, 5) is 17.3. The second kappa shape index (κ2) is 11.3. The van der Waals surface area contributed by atoms with Gasteiger partial charge in [-0.15, -0.1) is 0 Å². The number of thiocarbonyl (C=S) groups is 1. The summed E-state index contributed by atoms with van der Waals surface area (Å²) < 4.78 is 54.2. The molecule has 0 aromatic heterocycles. The third kappa shape index (κ3) is 5.94. The molecule has 2 heterocycles. The summed E-state index contributed by atoms with van der Waals surface area (Å²) in [6.07, 6.45) is -3.06. The van der Waals surface area contributed by atoms with E-state index in [-0.39, 0.29) is 34.1 Å². The molecule has 11 heteroatoms. The van der Waals surface area contributed by atoms with Crippen LogP contribution in [0.5, 0.6) is 0 Å². The number of benzene rings is 3. The molecule has 40 heavy (non-hydrogen) atoms. The summed E-state index contributed by atoms with van der Waals surface area (Å²) in [6.45, 7) is 0.968. The molecule has 2 N–H and O–H groups in total. The SMILES string of the molecule is O=C1C(Cc2ccccc2)NC2(CCN(C(=S)Nc3cc(C(F)(F)F)ccc3Cl)CC2)N1Cc1ccccc1F. The average molecular weight is 591 g/mol. The minimum absolute atomic E-state index is 0.0695. The number of halogens is 5. The standard InChI is InChI=1S/C29H27ClF4N4OS/c30-22-11-10-21(29(32,33)34)17-24(22)35-27(40)37-14-12-28(13-15-37)36-25(16-19-6-2-1-3-7-19)26(39)38(28)18-20-8-4-5-9-23(20)31/h1-11,17,25,36H,12-16,18H2,(H,35,40). The smallest absolute Gasteiger partial charge is 0.349 e. The van der Waals surface area contributed by atoms with Crippen molar-refractivity contribution in [2.45, 2.75) is 43.7 Å². The van der Waals surface area contributed by atoms with Crippen molar-refractivity contribution in [1.82, 2.24) is 15.1 Å². The van der Waals surface area contributed by atoms with Gasteiger partial charge in [0, 0.05) is 31.5 Å². The lowest BCUT2D eigenvalue weighted by Crippen LogP contribution is -2.59.